The van der Waals surface area contributed by atoms with E-state index in [-0.39, 0.29) is 40.8 Å². The molecule has 0 aromatic heterocycles. The Kier molecular flexibility index (Phi) is 5.85. The molecule has 9 nitrogen and oxygen atoms in total. The molecule has 2 rings (SSSR count). The predicted octanol–water partition coefficient (Wildman–Crippen LogP) is 3.39. The Morgan fingerprint density at radius 1 is 1.16 bits per heavy atom. The second-order valence-corrected chi connectivity index (χ2v) is 5.32. The van der Waals surface area contributed by atoms with Gasteiger partial charge in [0.05, 0.1) is 16.4 Å². The van der Waals surface area contributed by atoms with Gasteiger partial charge in [-0.2, -0.15) is 0 Å². The van der Waals surface area contributed by atoms with Gasteiger partial charge in [-0.15, -0.1) is 0 Å². The third-order valence-corrected chi connectivity index (χ3v) is 3.40. The van der Waals surface area contributed by atoms with Gasteiger partial charge in [-0.3, -0.25) is 25.2 Å². The molecule has 0 radical (unpaired) electrons. The average Bonchev–Trinajstić information content (AvgIpc) is 2.56. The van der Waals surface area contributed by atoms with Gasteiger partial charge >= 0.3 is 0 Å². The molecule has 130 valence electrons. The number of aromatic hydroxyl groups is 1. The minimum atomic E-state index is -0.571. The number of halogens is 1. The first-order valence-corrected chi connectivity index (χ1v) is 7.41. The van der Waals surface area contributed by atoms with E-state index in [2.05, 4.69) is 10.3 Å². The normalized spacial score (nSPS) is 10.8. The van der Waals surface area contributed by atoms with Crippen LogP contribution < -0.4 is 5.32 Å². The number of non-ortho nitro benzene ring substituents is 1. The molecule has 0 aliphatic heterocycles. The van der Waals surface area contributed by atoms with E-state index in [9.17, 15) is 25.3 Å². The molecule has 25 heavy (non-hydrogen) atoms. The fourth-order valence-electron chi connectivity index (χ4n) is 1.98. The minimum absolute atomic E-state index is 0.129. The number of benzene rings is 2. The van der Waals surface area contributed by atoms with Crippen LogP contribution in [0.5, 0.6) is 5.75 Å². The van der Waals surface area contributed by atoms with Crippen molar-refractivity contribution >= 4 is 34.9 Å². The monoisotopic (exact) mass is 364 g/mol. The Morgan fingerprint density at radius 2 is 1.92 bits per heavy atom. The van der Waals surface area contributed by atoms with Crippen LogP contribution in [0.4, 0.5) is 17.1 Å². The lowest BCUT2D eigenvalue weighted by Crippen LogP contribution is -2.07. The molecule has 0 saturated carbocycles. The maximum atomic E-state index is 11.0. The molecule has 0 bridgehead atoms. The zero-order valence-electron chi connectivity index (χ0n) is 12.8. The highest BCUT2D eigenvalue weighted by molar-refractivity contribution is 6.30. The fraction of sp³-hybridized carbons (Fsp3) is 0.133. The molecular formula is C15H13ClN4O5. The molecule has 0 fully saturated rings. The molecule has 10 heteroatoms. The third-order valence-electron chi connectivity index (χ3n) is 3.17. The largest absolute Gasteiger partial charge is 0.507 e. The summed E-state index contributed by atoms with van der Waals surface area (Å²) < 4.78 is 0. The van der Waals surface area contributed by atoms with Crippen molar-refractivity contribution in [1.29, 1.82) is 0 Å². The Morgan fingerprint density at radius 3 is 2.60 bits per heavy atom. The Hall–Kier alpha value is -3.20. The molecule has 2 aromatic carbocycles. The quantitative estimate of drug-likeness (QED) is 0.335. The van der Waals surface area contributed by atoms with Gasteiger partial charge in [0.15, 0.2) is 0 Å². The van der Waals surface area contributed by atoms with Gasteiger partial charge < -0.3 is 10.4 Å². The van der Waals surface area contributed by atoms with Crippen LogP contribution in [-0.2, 0) is 0 Å². The van der Waals surface area contributed by atoms with Crippen LogP contribution in [0.3, 0.4) is 0 Å². The number of phenols is 1. The van der Waals surface area contributed by atoms with E-state index in [1.54, 1.807) is 0 Å². The zero-order valence-corrected chi connectivity index (χ0v) is 13.5. The maximum Gasteiger partial charge on any atom is 0.293 e. The first kappa shape index (κ1) is 18.1. The van der Waals surface area contributed by atoms with Crippen molar-refractivity contribution in [2.45, 2.75) is 0 Å². The summed E-state index contributed by atoms with van der Waals surface area (Å²) in [5.41, 5.74) is 0.219. The Bertz CT molecular complexity index is 841. The lowest BCUT2D eigenvalue weighted by atomic mass is 10.2. The van der Waals surface area contributed by atoms with Gasteiger partial charge in [0.2, 0.25) is 0 Å². The number of rotatable bonds is 7. The number of phenolic OH excluding ortho intramolecular Hbond substituents is 1. The Labute approximate surface area is 146 Å². The van der Waals surface area contributed by atoms with E-state index in [1.807, 2.05) is 0 Å². The van der Waals surface area contributed by atoms with Crippen LogP contribution in [0.25, 0.3) is 0 Å². The summed E-state index contributed by atoms with van der Waals surface area (Å²) in [6.45, 7) is 0.524. The summed E-state index contributed by atoms with van der Waals surface area (Å²) in [7, 11) is 0. The van der Waals surface area contributed by atoms with E-state index in [4.69, 9.17) is 11.6 Å². The molecule has 2 aromatic rings. The van der Waals surface area contributed by atoms with Crippen LogP contribution in [0.15, 0.2) is 41.4 Å². The van der Waals surface area contributed by atoms with Crippen LogP contribution in [0.1, 0.15) is 5.56 Å². The second kappa shape index (κ2) is 8.06. The highest BCUT2D eigenvalue weighted by Crippen LogP contribution is 2.27. The summed E-state index contributed by atoms with van der Waals surface area (Å²) in [5, 5.41) is 34.5. The molecule has 0 heterocycles. The summed E-state index contributed by atoms with van der Waals surface area (Å²) in [4.78, 5) is 24.6. The maximum absolute atomic E-state index is 11.0. The third kappa shape index (κ3) is 4.88. The van der Waals surface area contributed by atoms with Crippen molar-refractivity contribution in [2.24, 2.45) is 4.99 Å². The average molecular weight is 365 g/mol. The van der Waals surface area contributed by atoms with E-state index in [1.165, 1.54) is 42.6 Å². The highest BCUT2D eigenvalue weighted by Gasteiger charge is 2.13. The minimum Gasteiger partial charge on any atom is -0.507 e. The molecule has 0 amide bonds. The van der Waals surface area contributed by atoms with Crippen LogP contribution in [0, 0.1) is 20.2 Å². The van der Waals surface area contributed by atoms with Gasteiger partial charge in [-0.25, -0.2) is 0 Å². The number of hydrogen-bond donors (Lipinski definition) is 2. The number of nitrogens with one attached hydrogen (secondary N) is 1. The first-order chi connectivity index (χ1) is 11.9. The summed E-state index contributed by atoms with van der Waals surface area (Å²) in [6.07, 6.45) is 1.31. The van der Waals surface area contributed by atoms with Gasteiger partial charge in [-0.1, -0.05) is 11.6 Å². The SMILES string of the molecule is O=[N+]([O-])c1ccc(O)c(C=NCCNc2ccc(Cl)cc2[N+](=O)[O-])c1. The Balaban J connectivity index is 1.98. The summed E-state index contributed by atoms with van der Waals surface area (Å²) in [5.74, 6) is -0.129. The number of nitrogens with zero attached hydrogens (tertiary/aromatic N) is 3. The molecule has 0 saturated heterocycles. The number of nitro benzene ring substituents is 2. The standard InChI is InChI=1S/C15H13ClN4O5/c16-11-1-3-13(14(8-11)20(24)25)18-6-5-17-9-10-7-12(19(22)23)2-4-15(10)21/h1-4,7-9,18,21H,5-6H2. The van der Waals surface area contributed by atoms with Crippen molar-refractivity contribution in [2.75, 3.05) is 18.4 Å². The van der Waals surface area contributed by atoms with Crippen molar-refractivity contribution < 1.29 is 15.0 Å². The fourth-order valence-corrected chi connectivity index (χ4v) is 2.15. The van der Waals surface area contributed by atoms with E-state index in [0.29, 0.717) is 5.69 Å². The number of nitro groups is 2. The molecule has 0 aliphatic carbocycles. The molecule has 0 atom stereocenters. The topological polar surface area (TPSA) is 131 Å². The van der Waals surface area contributed by atoms with Gasteiger partial charge in [0.1, 0.15) is 11.4 Å². The van der Waals surface area contributed by atoms with Crippen molar-refractivity contribution in [1.82, 2.24) is 0 Å². The predicted molar refractivity (Wildman–Crippen MR) is 93.8 cm³/mol. The molecular weight excluding hydrogens is 352 g/mol. The van der Waals surface area contributed by atoms with Crippen LogP contribution in [-0.4, -0.2) is 34.3 Å². The van der Waals surface area contributed by atoms with Crippen molar-refractivity contribution in [3.05, 3.63) is 67.2 Å². The van der Waals surface area contributed by atoms with Gasteiger partial charge in [0.25, 0.3) is 11.4 Å². The van der Waals surface area contributed by atoms with Crippen LogP contribution >= 0.6 is 11.6 Å². The lowest BCUT2D eigenvalue weighted by molar-refractivity contribution is -0.384. The first-order valence-electron chi connectivity index (χ1n) is 7.03. The van der Waals surface area contributed by atoms with Crippen molar-refractivity contribution in [3.63, 3.8) is 0 Å². The summed E-state index contributed by atoms with van der Waals surface area (Å²) >= 11 is 5.73. The number of hydrogen-bond acceptors (Lipinski definition) is 7. The highest BCUT2D eigenvalue weighted by atomic mass is 35.5. The number of anilines is 1. The second-order valence-electron chi connectivity index (χ2n) is 4.88. The van der Waals surface area contributed by atoms with Crippen molar-refractivity contribution in [3.8, 4) is 5.75 Å². The van der Waals surface area contributed by atoms with E-state index in [0.717, 1.165) is 0 Å². The van der Waals surface area contributed by atoms with Gasteiger partial charge in [0, 0.05) is 41.5 Å². The molecule has 0 unspecified atom stereocenters. The molecule has 2 N–H and O–H groups in total. The van der Waals surface area contributed by atoms with Gasteiger partial charge in [-0.05, 0) is 18.2 Å². The van der Waals surface area contributed by atoms with Crippen LogP contribution in [0.2, 0.25) is 5.02 Å². The summed E-state index contributed by atoms with van der Waals surface area (Å²) in [6, 6.07) is 7.88. The molecule has 0 aliphatic rings. The van der Waals surface area contributed by atoms with E-state index < -0.39 is 9.85 Å². The molecule has 0 spiro atoms. The smallest absolute Gasteiger partial charge is 0.293 e. The number of aliphatic imine (C=N–C) groups is 1. The van der Waals surface area contributed by atoms with E-state index >= 15 is 0 Å². The zero-order chi connectivity index (χ0) is 18.4. The lowest BCUT2D eigenvalue weighted by Gasteiger charge is -2.05.